The van der Waals surface area contributed by atoms with Gasteiger partial charge in [-0.1, -0.05) is 0 Å². The van der Waals surface area contributed by atoms with Crippen LogP contribution in [0, 0.1) is 6.92 Å². The second kappa shape index (κ2) is 2.66. The van der Waals surface area contributed by atoms with Gasteiger partial charge in [0, 0.05) is 7.05 Å². The molecule has 0 aromatic carbocycles. The molecular weight excluding hydrogens is 234 g/mol. The minimum atomic E-state index is 0.461. The number of anilines is 1. The summed E-state index contributed by atoms with van der Waals surface area (Å²) in [6, 6.07) is 0. The van der Waals surface area contributed by atoms with E-state index in [1.165, 1.54) is 0 Å². The minimum absolute atomic E-state index is 0.461. The maximum absolute atomic E-state index is 5.74. The van der Waals surface area contributed by atoms with Gasteiger partial charge in [0.1, 0.15) is 11.3 Å². The van der Waals surface area contributed by atoms with E-state index in [4.69, 9.17) is 5.73 Å². The van der Waals surface area contributed by atoms with E-state index in [0.29, 0.717) is 22.0 Å². The lowest BCUT2D eigenvalue weighted by molar-refractivity contribution is 0.911. The number of rotatable bonds is 0. The van der Waals surface area contributed by atoms with Gasteiger partial charge >= 0.3 is 0 Å². The Morgan fingerprint density at radius 3 is 2.69 bits per heavy atom. The molecule has 0 aliphatic heterocycles. The molecule has 0 unspecified atom stereocenters. The lowest BCUT2D eigenvalue weighted by Crippen LogP contribution is -1.99. The normalized spacial score (nSPS) is 11.0. The van der Waals surface area contributed by atoms with Crippen LogP contribution in [0.15, 0.2) is 4.73 Å². The molecule has 2 aromatic heterocycles. The predicted molar refractivity (Wildman–Crippen MR) is 53.2 cm³/mol. The Morgan fingerprint density at radius 1 is 1.31 bits per heavy atom. The largest absolute Gasteiger partial charge is 0.382 e. The Hall–Kier alpha value is -1.17. The van der Waals surface area contributed by atoms with Gasteiger partial charge in [0.25, 0.3) is 0 Å². The SMILES string of the molecule is Cc1nc(N)c2c(n1)nc(Br)n2C. The number of hydrogen-bond acceptors (Lipinski definition) is 4. The molecule has 0 saturated heterocycles. The number of aryl methyl sites for hydroxylation is 2. The summed E-state index contributed by atoms with van der Waals surface area (Å²) in [5.74, 6) is 1.10. The van der Waals surface area contributed by atoms with Gasteiger partial charge in [-0.05, 0) is 22.9 Å². The topological polar surface area (TPSA) is 69.6 Å². The number of fused-ring (bicyclic) bond motifs is 1. The van der Waals surface area contributed by atoms with E-state index in [1.54, 1.807) is 6.92 Å². The van der Waals surface area contributed by atoms with Crippen LogP contribution in [0.1, 0.15) is 5.82 Å². The lowest BCUT2D eigenvalue weighted by Gasteiger charge is -1.99. The first-order valence-electron chi connectivity index (χ1n) is 3.71. The van der Waals surface area contributed by atoms with Gasteiger partial charge in [-0.2, -0.15) is 0 Å². The lowest BCUT2D eigenvalue weighted by atomic mass is 10.5. The van der Waals surface area contributed by atoms with Crippen LogP contribution < -0.4 is 5.73 Å². The molecule has 2 heterocycles. The van der Waals surface area contributed by atoms with Crippen LogP contribution in [0.3, 0.4) is 0 Å². The highest BCUT2D eigenvalue weighted by molar-refractivity contribution is 9.10. The molecule has 2 N–H and O–H groups in total. The highest BCUT2D eigenvalue weighted by Gasteiger charge is 2.10. The smallest absolute Gasteiger partial charge is 0.184 e. The minimum Gasteiger partial charge on any atom is -0.382 e. The predicted octanol–water partition coefficient (Wildman–Crippen LogP) is 1.02. The van der Waals surface area contributed by atoms with Crippen molar-refractivity contribution in [1.29, 1.82) is 0 Å². The summed E-state index contributed by atoms with van der Waals surface area (Å²) >= 11 is 3.30. The molecule has 68 valence electrons. The van der Waals surface area contributed by atoms with Crippen LogP contribution >= 0.6 is 15.9 Å². The molecule has 2 aromatic rings. The van der Waals surface area contributed by atoms with Crippen LogP contribution in [0.4, 0.5) is 5.82 Å². The van der Waals surface area contributed by atoms with Crippen molar-refractivity contribution < 1.29 is 0 Å². The third-order valence-corrected chi connectivity index (χ3v) is 2.52. The van der Waals surface area contributed by atoms with Crippen LogP contribution in [-0.2, 0) is 7.05 Å². The van der Waals surface area contributed by atoms with E-state index in [2.05, 4.69) is 30.9 Å². The molecule has 0 radical (unpaired) electrons. The molecule has 0 aliphatic carbocycles. The maximum atomic E-state index is 5.74. The highest BCUT2D eigenvalue weighted by Crippen LogP contribution is 2.20. The van der Waals surface area contributed by atoms with E-state index in [1.807, 2.05) is 11.6 Å². The molecule has 0 aliphatic rings. The molecule has 0 fully saturated rings. The molecule has 0 spiro atoms. The number of halogens is 1. The monoisotopic (exact) mass is 241 g/mol. The van der Waals surface area contributed by atoms with E-state index in [9.17, 15) is 0 Å². The second-order valence-corrected chi connectivity index (χ2v) is 3.48. The average Bonchev–Trinajstić information content (AvgIpc) is 2.27. The van der Waals surface area contributed by atoms with Crippen LogP contribution in [0.25, 0.3) is 11.2 Å². The van der Waals surface area contributed by atoms with Crippen molar-refractivity contribution >= 4 is 32.9 Å². The van der Waals surface area contributed by atoms with Crippen molar-refractivity contribution in [1.82, 2.24) is 19.5 Å². The molecule has 2 rings (SSSR count). The zero-order valence-corrected chi connectivity index (χ0v) is 8.83. The van der Waals surface area contributed by atoms with E-state index < -0.39 is 0 Å². The molecule has 0 saturated carbocycles. The zero-order valence-electron chi connectivity index (χ0n) is 7.24. The third kappa shape index (κ3) is 1.17. The molecule has 0 amide bonds. The Labute approximate surface area is 83.1 Å². The van der Waals surface area contributed by atoms with Crippen molar-refractivity contribution in [2.45, 2.75) is 6.92 Å². The fourth-order valence-corrected chi connectivity index (χ4v) is 1.57. The Morgan fingerprint density at radius 2 is 2.00 bits per heavy atom. The van der Waals surface area contributed by atoms with E-state index in [-0.39, 0.29) is 0 Å². The summed E-state index contributed by atoms with van der Waals surface area (Å²) < 4.78 is 2.51. The van der Waals surface area contributed by atoms with Crippen molar-refractivity contribution in [3.8, 4) is 0 Å². The second-order valence-electron chi connectivity index (χ2n) is 2.77. The fourth-order valence-electron chi connectivity index (χ4n) is 1.23. The summed E-state index contributed by atoms with van der Waals surface area (Å²) in [6.07, 6.45) is 0. The number of hydrogen-bond donors (Lipinski definition) is 1. The number of nitrogens with zero attached hydrogens (tertiary/aromatic N) is 4. The van der Waals surface area contributed by atoms with Crippen LogP contribution in [0.5, 0.6) is 0 Å². The maximum Gasteiger partial charge on any atom is 0.184 e. The van der Waals surface area contributed by atoms with Gasteiger partial charge in [0.15, 0.2) is 16.2 Å². The molecule has 5 nitrogen and oxygen atoms in total. The van der Waals surface area contributed by atoms with E-state index in [0.717, 1.165) is 5.52 Å². The van der Waals surface area contributed by atoms with Crippen LogP contribution in [0.2, 0.25) is 0 Å². The first-order valence-corrected chi connectivity index (χ1v) is 4.51. The van der Waals surface area contributed by atoms with Gasteiger partial charge < -0.3 is 10.3 Å². The van der Waals surface area contributed by atoms with Gasteiger partial charge in [-0.25, -0.2) is 15.0 Å². The van der Waals surface area contributed by atoms with Crippen LogP contribution in [-0.4, -0.2) is 19.5 Å². The Balaban J connectivity index is 2.94. The third-order valence-electron chi connectivity index (χ3n) is 1.81. The van der Waals surface area contributed by atoms with Crippen molar-refractivity contribution in [3.05, 3.63) is 10.6 Å². The average molecular weight is 242 g/mol. The van der Waals surface area contributed by atoms with Crippen molar-refractivity contribution in [3.63, 3.8) is 0 Å². The van der Waals surface area contributed by atoms with Gasteiger partial charge in [-0.3, -0.25) is 0 Å². The quantitative estimate of drug-likeness (QED) is 0.700. The van der Waals surface area contributed by atoms with Crippen molar-refractivity contribution in [2.75, 3.05) is 5.73 Å². The standard InChI is InChI=1S/C7H8BrN5/c1-3-10-5(9)4-6(11-3)12-7(8)13(4)2/h1-2H3,(H2,9,10,11). The molecule has 0 atom stereocenters. The first kappa shape index (κ1) is 8.43. The Kier molecular flexibility index (Phi) is 1.73. The summed E-state index contributed by atoms with van der Waals surface area (Å²) in [6.45, 7) is 1.79. The summed E-state index contributed by atoms with van der Waals surface area (Å²) in [4.78, 5) is 12.4. The molecular formula is C7H8BrN5. The molecule has 13 heavy (non-hydrogen) atoms. The number of imidazole rings is 1. The number of nitrogen functional groups attached to an aromatic ring is 1. The van der Waals surface area contributed by atoms with E-state index >= 15 is 0 Å². The summed E-state index contributed by atoms with van der Waals surface area (Å²) in [5.41, 5.74) is 7.12. The Bertz CT molecular complexity index is 475. The van der Waals surface area contributed by atoms with Gasteiger partial charge in [0.2, 0.25) is 0 Å². The summed E-state index contributed by atoms with van der Waals surface area (Å²) in [7, 11) is 1.86. The molecule has 6 heteroatoms. The zero-order chi connectivity index (χ0) is 9.59. The highest BCUT2D eigenvalue weighted by atomic mass is 79.9. The number of aromatic nitrogens is 4. The van der Waals surface area contributed by atoms with Gasteiger partial charge in [-0.15, -0.1) is 0 Å². The van der Waals surface area contributed by atoms with Gasteiger partial charge in [0.05, 0.1) is 0 Å². The summed E-state index contributed by atoms with van der Waals surface area (Å²) in [5, 5.41) is 0. The van der Waals surface area contributed by atoms with Crippen molar-refractivity contribution in [2.24, 2.45) is 7.05 Å². The fraction of sp³-hybridized carbons (Fsp3) is 0.286. The molecule has 0 bridgehead atoms. The first-order chi connectivity index (χ1) is 6.09. The number of nitrogens with two attached hydrogens (primary N) is 1.